The van der Waals surface area contributed by atoms with Crippen molar-refractivity contribution in [2.75, 3.05) is 0 Å². The minimum absolute atomic E-state index is 0.662. The van der Waals surface area contributed by atoms with Crippen molar-refractivity contribution < 1.29 is 0 Å². The first-order valence-corrected chi connectivity index (χ1v) is 17.5. The van der Waals surface area contributed by atoms with Gasteiger partial charge in [-0.3, -0.25) is 4.98 Å². The summed E-state index contributed by atoms with van der Waals surface area (Å²) in [4.78, 5) is 14.7. The van der Waals surface area contributed by atoms with Crippen LogP contribution in [0.3, 0.4) is 0 Å². The highest BCUT2D eigenvalue weighted by molar-refractivity contribution is 6.25. The fourth-order valence-corrected chi connectivity index (χ4v) is 7.23. The number of pyridine rings is 1. The SMILES string of the molecule is C=C/C=C(\C=C\c1cccnc1)c1cc(-c2ccc(-c3cccc4ccccc34)cc2)nc(-c2ccc3c4ccccc4c4ccccc4c3c2)n1. The molecular formula is C49H33N3. The Morgan fingerprint density at radius 3 is 1.87 bits per heavy atom. The summed E-state index contributed by atoms with van der Waals surface area (Å²) in [7, 11) is 0. The van der Waals surface area contributed by atoms with Gasteiger partial charge in [0.2, 0.25) is 0 Å². The Balaban J connectivity index is 1.21. The van der Waals surface area contributed by atoms with Crippen LogP contribution in [-0.4, -0.2) is 15.0 Å². The number of fused-ring (bicyclic) bond motifs is 7. The lowest BCUT2D eigenvalue weighted by Gasteiger charge is -2.13. The third-order valence-corrected chi connectivity index (χ3v) is 9.74. The van der Waals surface area contributed by atoms with Gasteiger partial charge in [0, 0.05) is 29.1 Å². The molecule has 3 heteroatoms. The minimum atomic E-state index is 0.662. The van der Waals surface area contributed by atoms with E-state index in [4.69, 9.17) is 9.97 Å². The van der Waals surface area contributed by atoms with Crippen molar-refractivity contribution in [3.63, 3.8) is 0 Å². The van der Waals surface area contributed by atoms with Crippen molar-refractivity contribution in [3.8, 4) is 33.8 Å². The van der Waals surface area contributed by atoms with E-state index in [1.807, 2.05) is 24.4 Å². The van der Waals surface area contributed by atoms with Gasteiger partial charge in [-0.2, -0.15) is 0 Å². The lowest BCUT2D eigenvalue weighted by molar-refractivity contribution is 1.16. The second-order valence-electron chi connectivity index (χ2n) is 12.9. The Labute approximate surface area is 302 Å². The van der Waals surface area contributed by atoms with Crippen LogP contribution in [-0.2, 0) is 0 Å². The summed E-state index contributed by atoms with van der Waals surface area (Å²) >= 11 is 0. The molecule has 0 fully saturated rings. The summed E-state index contributed by atoms with van der Waals surface area (Å²) in [5, 5.41) is 9.80. The van der Waals surface area contributed by atoms with Crippen LogP contribution < -0.4 is 0 Å². The van der Waals surface area contributed by atoms with Gasteiger partial charge in [0.15, 0.2) is 5.82 Å². The Morgan fingerprint density at radius 1 is 0.519 bits per heavy atom. The van der Waals surface area contributed by atoms with E-state index in [2.05, 4.69) is 163 Å². The highest BCUT2D eigenvalue weighted by Crippen LogP contribution is 2.37. The summed E-state index contributed by atoms with van der Waals surface area (Å²) in [6, 6.07) is 53.6. The van der Waals surface area contributed by atoms with Crippen LogP contribution in [0, 0.1) is 0 Å². The summed E-state index contributed by atoms with van der Waals surface area (Å²) < 4.78 is 0. The number of hydrogen-bond acceptors (Lipinski definition) is 3. The van der Waals surface area contributed by atoms with Crippen LogP contribution in [0.25, 0.3) is 88.5 Å². The molecule has 0 radical (unpaired) electrons. The number of benzene rings is 7. The predicted octanol–water partition coefficient (Wildman–Crippen LogP) is 12.8. The zero-order valence-corrected chi connectivity index (χ0v) is 28.4. The van der Waals surface area contributed by atoms with Gasteiger partial charge >= 0.3 is 0 Å². The molecule has 0 N–H and O–H groups in total. The molecule has 0 aliphatic rings. The standard InChI is InChI=1S/C49H33N3/c1-2-11-36(22-21-33-12-10-29-50-32-33)47-31-48(37-25-23-35(24-26-37)40-20-9-14-34-13-3-4-15-39(34)40)52-49(51-47)38-27-28-45-43-18-6-5-16-41(43)42-17-7-8-19-44(42)46(45)30-38/h2-32H,1H2/b22-21+,36-11+. The third kappa shape index (κ3) is 5.74. The molecule has 52 heavy (non-hydrogen) atoms. The lowest BCUT2D eigenvalue weighted by atomic mass is 9.93. The molecule has 9 rings (SSSR count). The number of nitrogens with zero attached hydrogens (tertiary/aromatic N) is 3. The highest BCUT2D eigenvalue weighted by atomic mass is 14.9. The average Bonchev–Trinajstić information content (AvgIpc) is 3.22. The fraction of sp³-hybridized carbons (Fsp3) is 0. The molecule has 9 aromatic rings. The van der Waals surface area contributed by atoms with Crippen LogP contribution in [0.4, 0.5) is 0 Å². The monoisotopic (exact) mass is 663 g/mol. The largest absolute Gasteiger partial charge is 0.264 e. The zero-order valence-electron chi connectivity index (χ0n) is 28.4. The summed E-state index contributed by atoms with van der Waals surface area (Å²) in [6.45, 7) is 4.02. The summed E-state index contributed by atoms with van der Waals surface area (Å²) in [6.07, 6.45) is 11.5. The molecule has 0 aliphatic heterocycles. The smallest absolute Gasteiger partial charge is 0.160 e. The van der Waals surface area contributed by atoms with Crippen LogP contribution in [0.2, 0.25) is 0 Å². The second kappa shape index (κ2) is 13.4. The van der Waals surface area contributed by atoms with Gasteiger partial charge in [0.05, 0.1) is 11.4 Å². The lowest BCUT2D eigenvalue weighted by Crippen LogP contribution is -1.98. The number of allylic oxidation sites excluding steroid dienone is 4. The molecule has 0 unspecified atom stereocenters. The molecule has 0 saturated carbocycles. The van der Waals surface area contributed by atoms with E-state index in [0.717, 1.165) is 39.2 Å². The molecular weight excluding hydrogens is 631 g/mol. The normalized spacial score (nSPS) is 12.0. The Hall–Kier alpha value is -6.97. The van der Waals surface area contributed by atoms with Gasteiger partial charge < -0.3 is 0 Å². The van der Waals surface area contributed by atoms with Gasteiger partial charge in [-0.25, -0.2) is 9.97 Å². The molecule has 0 amide bonds. The topological polar surface area (TPSA) is 38.7 Å². The van der Waals surface area contributed by atoms with Crippen molar-refractivity contribution in [1.82, 2.24) is 15.0 Å². The number of aromatic nitrogens is 3. The Morgan fingerprint density at radius 2 is 1.15 bits per heavy atom. The molecule has 2 aromatic heterocycles. The van der Waals surface area contributed by atoms with Crippen molar-refractivity contribution in [3.05, 3.63) is 200 Å². The van der Waals surface area contributed by atoms with Crippen LogP contribution in [0.15, 0.2) is 189 Å². The van der Waals surface area contributed by atoms with Crippen LogP contribution in [0.1, 0.15) is 11.3 Å². The molecule has 2 heterocycles. The minimum Gasteiger partial charge on any atom is -0.264 e. The van der Waals surface area contributed by atoms with Gasteiger partial charge in [-0.1, -0.05) is 164 Å². The zero-order chi connectivity index (χ0) is 34.9. The van der Waals surface area contributed by atoms with Gasteiger partial charge in [-0.15, -0.1) is 0 Å². The quantitative estimate of drug-likeness (QED) is 0.126. The second-order valence-corrected chi connectivity index (χ2v) is 12.9. The van der Waals surface area contributed by atoms with Crippen molar-refractivity contribution in [2.45, 2.75) is 0 Å². The first kappa shape index (κ1) is 31.0. The highest BCUT2D eigenvalue weighted by Gasteiger charge is 2.15. The maximum Gasteiger partial charge on any atom is 0.160 e. The fourth-order valence-electron chi connectivity index (χ4n) is 7.23. The molecule has 0 spiro atoms. The number of rotatable bonds is 7. The molecule has 0 bridgehead atoms. The van der Waals surface area contributed by atoms with Crippen molar-refractivity contribution in [1.29, 1.82) is 0 Å². The summed E-state index contributed by atoms with van der Waals surface area (Å²) in [5.74, 6) is 0.662. The molecule has 244 valence electrons. The van der Waals surface area contributed by atoms with Gasteiger partial charge in [0.1, 0.15) is 0 Å². The van der Waals surface area contributed by atoms with Crippen LogP contribution >= 0.6 is 0 Å². The van der Waals surface area contributed by atoms with E-state index in [0.29, 0.717) is 5.82 Å². The Bertz CT molecular complexity index is 2810. The van der Waals surface area contributed by atoms with E-state index >= 15 is 0 Å². The molecule has 0 atom stereocenters. The summed E-state index contributed by atoms with van der Waals surface area (Å²) in [5.41, 5.74) is 7.92. The maximum absolute atomic E-state index is 5.24. The van der Waals surface area contributed by atoms with E-state index in [1.54, 1.807) is 12.3 Å². The van der Waals surface area contributed by atoms with E-state index in [-0.39, 0.29) is 0 Å². The first-order valence-electron chi connectivity index (χ1n) is 17.5. The van der Waals surface area contributed by atoms with E-state index in [9.17, 15) is 0 Å². The molecule has 3 nitrogen and oxygen atoms in total. The van der Waals surface area contributed by atoms with Crippen molar-refractivity contribution in [2.24, 2.45) is 0 Å². The first-order chi connectivity index (χ1) is 25.7. The van der Waals surface area contributed by atoms with Gasteiger partial charge in [0.25, 0.3) is 0 Å². The van der Waals surface area contributed by atoms with E-state index in [1.165, 1.54) is 48.7 Å². The maximum atomic E-state index is 5.24. The molecule has 0 saturated heterocycles. The van der Waals surface area contributed by atoms with Crippen LogP contribution in [0.5, 0.6) is 0 Å². The van der Waals surface area contributed by atoms with Crippen molar-refractivity contribution >= 4 is 54.7 Å². The third-order valence-electron chi connectivity index (χ3n) is 9.74. The Kier molecular flexibility index (Phi) is 7.99. The molecule has 7 aromatic carbocycles. The number of hydrogen-bond donors (Lipinski definition) is 0. The molecule has 0 aliphatic carbocycles. The van der Waals surface area contributed by atoms with Gasteiger partial charge in [-0.05, 0) is 78.0 Å². The van der Waals surface area contributed by atoms with E-state index < -0.39 is 0 Å². The average molecular weight is 664 g/mol. The predicted molar refractivity (Wildman–Crippen MR) is 220 cm³/mol.